The van der Waals surface area contributed by atoms with E-state index in [1.807, 2.05) is 13.8 Å². The molecule has 0 bridgehead atoms. The fourth-order valence-electron chi connectivity index (χ4n) is 5.22. The van der Waals surface area contributed by atoms with Gasteiger partial charge in [-0.1, -0.05) is 6.92 Å². The number of methoxy groups -OCH3 is 1. The van der Waals surface area contributed by atoms with Gasteiger partial charge in [-0.15, -0.1) is 0 Å². The number of carbonyl (C=O) groups is 2. The Balaban J connectivity index is 1.93. The molecular formula is C33H46F3N3O8S. The van der Waals surface area contributed by atoms with E-state index in [1.54, 1.807) is 19.1 Å². The molecule has 0 aromatic heterocycles. The van der Waals surface area contributed by atoms with Crippen molar-refractivity contribution in [2.45, 2.75) is 82.2 Å². The number of ether oxygens (including phenoxy) is 3. The van der Waals surface area contributed by atoms with Gasteiger partial charge in [0.1, 0.15) is 11.5 Å². The molecule has 1 heterocycles. The number of carbonyl (C=O) groups excluding carboxylic acids is 2. The topological polar surface area (TPSA) is 135 Å². The number of hydrogen-bond acceptors (Lipinski definition) is 8. The summed E-state index contributed by atoms with van der Waals surface area (Å²) in [4.78, 5) is 28.0. The number of aliphatic hydroxyl groups excluding tert-OH is 1. The van der Waals surface area contributed by atoms with Gasteiger partial charge >= 0.3 is 6.18 Å². The van der Waals surface area contributed by atoms with E-state index in [4.69, 9.17) is 14.2 Å². The van der Waals surface area contributed by atoms with E-state index < -0.39 is 65.5 Å². The summed E-state index contributed by atoms with van der Waals surface area (Å²) in [5.74, 6) is -1.10. The minimum Gasteiger partial charge on any atom is -0.497 e. The Morgan fingerprint density at radius 3 is 2.48 bits per heavy atom. The zero-order valence-electron chi connectivity index (χ0n) is 28.0. The lowest BCUT2D eigenvalue weighted by Crippen LogP contribution is -2.48. The van der Waals surface area contributed by atoms with Gasteiger partial charge in [-0.25, -0.2) is 8.42 Å². The van der Waals surface area contributed by atoms with E-state index in [-0.39, 0.29) is 41.1 Å². The third-order valence-electron chi connectivity index (χ3n) is 8.18. The van der Waals surface area contributed by atoms with Crippen LogP contribution >= 0.6 is 0 Å². The molecule has 0 spiro atoms. The molecule has 0 fully saturated rings. The van der Waals surface area contributed by atoms with Crippen LogP contribution in [0.25, 0.3) is 0 Å². The molecule has 2 amide bonds. The van der Waals surface area contributed by atoms with Crippen LogP contribution in [-0.4, -0.2) is 99.4 Å². The fraction of sp³-hybridized carbons (Fsp3) is 0.576. The number of nitrogens with one attached hydrogen (secondary N) is 1. The second kappa shape index (κ2) is 17.3. The third-order valence-corrected chi connectivity index (χ3v) is 10.0. The molecule has 0 aliphatic carbocycles. The minimum atomic E-state index is -4.50. The number of nitrogens with zero attached hydrogens (tertiary/aromatic N) is 2. The second-order valence-corrected chi connectivity index (χ2v) is 14.2. The normalized spacial score (nSPS) is 20.8. The number of alkyl halides is 3. The van der Waals surface area contributed by atoms with Gasteiger partial charge in [-0.3, -0.25) is 9.59 Å². The average molecular weight is 702 g/mol. The Labute approximate surface area is 280 Å². The second-order valence-electron chi connectivity index (χ2n) is 12.1. The summed E-state index contributed by atoms with van der Waals surface area (Å²) in [6.07, 6.45) is -5.55. The molecule has 1 aliphatic heterocycles. The summed E-state index contributed by atoms with van der Waals surface area (Å²) in [7, 11) is -0.960. The van der Waals surface area contributed by atoms with E-state index in [0.29, 0.717) is 31.6 Å². The van der Waals surface area contributed by atoms with Crippen molar-refractivity contribution in [1.82, 2.24) is 9.21 Å². The Bertz CT molecular complexity index is 1470. The van der Waals surface area contributed by atoms with Gasteiger partial charge < -0.3 is 29.5 Å². The summed E-state index contributed by atoms with van der Waals surface area (Å²) in [5, 5.41) is 12.6. The largest absolute Gasteiger partial charge is 0.497 e. The number of sulfonamides is 1. The maximum Gasteiger partial charge on any atom is 0.389 e. The number of aliphatic hydroxyl groups is 1. The predicted octanol–water partition coefficient (Wildman–Crippen LogP) is 5.09. The number of halogens is 3. The van der Waals surface area contributed by atoms with Crippen LogP contribution in [0.3, 0.4) is 0 Å². The number of fused-ring (bicyclic) bond motifs is 1. The van der Waals surface area contributed by atoms with Gasteiger partial charge in [-0.05, 0) is 75.6 Å². The number of rotatable bonds is 10. The van der Waals surface area contributed by atoms with Crippen molar-refractivity contribution in [3.8, 4) is 11.5 Å². The molecule has 1 aliphatic rings. The molecule has 15 heteroatoms. The van der Waals surface area contributed by atoms with Crippen molar-refractivity contribution in [2.75, 3.05) is 45.8 Å². The van der Waals surface area contributed by atoms with Gasteiger partial charge in [0.2, 0.25) is 15.9 Å². The van der Waals surface area contributed by atoms with E-state index in [9.17, 15) is 36.3 Å². The van der Waals surface area contributed by atoms with E-state index in [0.717, 1.165) is 0 Å². The summed E-state index contributed by atoms with van der Waals surface area (Å²) < 4.78 is 83.6. The SMILES string of the molecule is COc1ccc(S(=O)(=O)N(C)C[C@H]2OCCCC[C@@H](C)Oc3ccc(NC(=O)CCC(F)(F)F)cc3C(=O)N([C@H](C)CO)C[C@H]2C)cc1. The molecule has 0 saturated carbocycles. The molecule has 3 rings (SSSR count). The monoisotopic (exact) mass is 701 g/mol. The van der Waals surface area contributed by atoms with Crippen molar-refractivity contribution in [2.24, 2.45) is 5.92 Å². The maximum atomic E-state index is 14.2. The Morgan fingerprint density at radius 1 is 1.17 bits per heavy atom. The van der Waals surface area contributed by atoms with Crippen LogP contribution in [0.15, 0.2) is 47.4 Å². The van der Waals surface area contributed by atoms with Crippen LogP contribution < -0.4 is 14.8 Å². The molecule has 2 aromatic carbocycles. The zero-order valence-corrected chi connectivity index (χ0v) is 28.8. The van der Waals surface area contributed by atoms with Crippen LogP contribution in [0, 0.1) is 5.92 Å². The Morgan fingerprint density at radius 2 is 1.85 bits per heavy atom. The lowest BCUT2D eigenvalue weighted by molar-refractivity contribution is -0.142. The van der Waals surface area contributed by atoms with Gasteiger partial charge in [0.15, 0.2) is 0 Å². The first-order valence-corrected chi connectivity index (χ1v) is 17.3. The molecule has 0 unspecified atom stereocenters. The highest BCUT2D eigenvalue weighted by molar-refractivity contribution is 7.89. The summed E-state index contributed by atoms with van der Waals surface area (Å²) in [5.41, 5.74) is 0.166. The maximum absolute atomic E-state index is 14.2. The van der Waals surface area contributed by atoms with Gasteiger partial charge in [0, 0.05) is 44.8 Å². The highest BCUT2D eigenvalue weighted by Gasteiger charge is 2.33. The summed E-state index contributed by atoms with van der Waals surface area (Å²) in [6, 6.07) is 9.64. The van der Waals surface area contributed by atoms with E-state index in [1.165, 1.54) is 53.7 Å². The van der Waals surface area contributed by atoms with Crippen LogP contribution in [0.5, 0.6) is 11.5 Å². The van der Waals surface area contributed by atoms with Crippen molar-refractivity contribution >= 4 is 27.5 Å². The Kier molecular flexibility index (Phi) is 14.1. The molecule has 0 radical (unpaired) electrons. The predicted molar refractivity (Wildman–Crippen MR) is 174 cm³/mol. The van der Waals surface area contributed by atoms with Crippen molar-refractivity contribution < 1.29 is 50.5 Å². The van der Waals surface area contributed by atoms with Gasteiger partial charge in [0.25, 0.3) is 5.91 Å². The number of anilines is 1. The molecule has 0 saturated heterocycles. The Hall–Kier alpha value is -3.40. The molecule has 268 valence electrons. The lowest BCUT2D eigenvalue weighted by Gasteiger charge is -2.35. The number of benzene rings is 2. The van der Waals surface area contributed by atoms with Crippen LogP contribution in [0.2, 0.25) is 0 Å². The number of amides is 2. The number of hydrogen-bond donors (Lipinski definition) is 2. The lowest BCUT2D eigenvalue weighted by atomic mass is 10.0. The zero-order chi connectivity index (χ0) is 35.6. The van der Waals surface area contributed by atoms with Crippen LogP contribution in [0.1, 0.15) is 63.2 Å². The number of likely N-dealkylation sites (N-methyl/N-ethyl adjacent to an activating group) is 1. The van der Waals surface area contributed by atoms with Gasteiger partial charge in [-0.2, -0.15) is 17.5 Å². The highest BCUT2D eigenvalue weighted by atomic mass is 32.2. The molecule has 4 atom stereocenters. The molecule has 2 N–H and O–H groups in total. The summed E-state index contributed by atoms with van der Waals surface area (Å²) >= 11 is 0. The van der Waals surface area contributed by atoms with Crippen molar-refractivity contribution in [1.29, 1.82) is 0 Å². The smallest absolute Gasteiger partial charge is 0.389 e. The van der Waals surface area contributed by atoms with E-state index >= 15 is 0 Å². The third kappa shape index (κ3) is 11.1. The molecule has 11 nitrogen and oxygen atoms in total. The first-order chi connectivity index (χ1) is 22.5. The minimum absolute atomic E-state index is 0.0186. The highest BCUT2D eigenvalue weighted by Crippen LogP contribution is 2.29. The van der Waals surface area contributed by atoms with Crippen molar-refractivity contribution in [3.63, 3.8) is 0 Å². The van der Waals surface area contributed by atoms with Gasteiger partial charge in [0.05, 0.1) is 48.8 Å². The first kappa shape index (κ1) is 39.0. The summed E-state index contributed by atoms with van der Waals surface area (Å²) in [6.45, 7) is 5.30. The quantitative estimate of drug-likeness (QED) is 0.350. The molecule has 48 heavy (non-hydrogen) atoms. The van der Waals surface area contributed by atoms with Crippen LogP contribution in [-0.2, 0) is 19.6 Å². The first-order valence-electron chi connectivity index (χ1n) is 15.9. The fourth-order valence-corrected chi connectivity index (χ4v) is 6.40. The molecular weight excluding hydrogens is 655 g/mol. The average Bonchev–Trinajstić information content (AvgIpc) is 3.04. The van der Waals surface area contributed by atoms with Crippen molar-refractivity contribution in [3.05, 3.63) is 48.0 Å². The van der Waals surface area contributed by atoms with E-state index in [2.05, 4.69) is 5.32 Å². The standard InChI is InChI=1S/C33H46F3N3O8S/c1-22-19-39(23(2)21-40)32(42)28-18-25(37-31(41)15-16-33(34,35)36)9-14-29(28)47-24(3)8-6-7-17-46-30(22)20-38(4)48(43,44)27-12-10-26(45-5)11-13-27/h9-14,18,22-24,30,40H,6-8,15-17,19-21H2,1-5H3,(H,37,41)/t22-,23-,24-,30-/m1/s1. The molecule has 2 aromatic rings. The van der Waals surface area contributed by atoms with Crippen LogP contribution in [0.4, 0.5) is 18.9 Å².